The molecule has 0 amide bonds. The minimum atomic E-state index is 0.330. The van der Waals surface area contributed by atoms with Crippen molar-refractivity contribution in [3.05, 3.63) is 29.6 Å². The highest BCUT2D eigenvalue weighted by atomic mass is 35.5. The van der Waals surface area contributed by atoms with Gasteiger partial charge in [-0.25, -0.2) is 4.98 Å². The van der Waals surface area contributed by atoms with Crippen LogP contribution in [0.25, 0.3) is 11.0 Å². The van der Waals surface area contributed by atoms with Crippen LogP contribution in [-0.2, 0) is 12.4 Å². The van der Waals surface area contributed by atoms with Gasteiger partial charge < -0.3 is 4.57 Å². The Labute approximate surface area is 124 Å². The summed E-state index contributed by atoms with van der Waals surface area (Å²) in [6.07, 6.45) is 5.13. The number of nitrogens with zero attached hydrogens (tertiary/aromatic N) is 3. The van der Waals surface area contributed by atoms with Gasteiger partial charge in [0.1, 0.15) is 5.82 Å². The molecule has 0 bridgehead atoms. The van der Waals surface area contributed by atoms with Crippen molar-refractivity contribution in [2.75, 3.05) is 0 Å². The van der Waals surface area contributed by atoms with Gasteiger partial charge in [-0.2, -0.15) is 5.26 Å². The lowest BCUT2D eigenvalue weighted by molar-refractivity contribution is 0.282. The molecule has 2 aromatic rings. The zero-order chi connectivity index (χ0) is 14.2. The summed E-state index contributed by atoms with van der Waals surface area (Å²) in [5.41, 5.74) is 2.97. The van der Waals surface area contributed by atoms with Gasteiger partial charge in [0.15, 0.2) is 0 Å². The van der Waals surface area contributed by atoms with Gasteiger partial charge in [-0.15, -0.1) is 11.6 Å². The van der Waals surface area contributed by atoms with Crippen LogP contribution in [0.15, 0.2) is 18.2 Å². The van der Waals surface area contributed by atoms with Crippen LogP contribution in [0.3, 0.4) is 0 Å². The highest BCUT2D eigenvalue weighted by Crippen LogP contribution is 2.40. The Morgan fingerprint density at radius 2 is 2.15 bits per heavy atom. The third-order valence-electron chi connectivity index (χ3n) is 4.43. The number of fused-ring (bicyclic) bond motifs is 1. The van der Waals surface area contributed by atoms with Crippen molar-refractivity contribution in [3.63, 3.8) is 0 Å². The summed E-state index contributed by atoms with van der Waals surface area (Å²) < 4.78 is 2.22. The van der Waals surface area contributed by atoms with Crippen LogP contribution >= 0.6 is 11.6 Å². The monoisotopic (exact) mass is 287 g/mol. The van der Waals surface area contributed by atoms with Crippen LogP contribution < -0.4 is 0 Å². The number of rotatable bonds is 3. The lowest BCUT2D eigenvalue weighted by Gasteiger charge is -2.25. The Balaban J connectivity index is 2.09. The number of halogens is 1. The molecular weight excluding hydrogens is 270 g/mol. The van der Waals surface area contributed by atoms with Crippen LogP contribution in [-0.4, -0.2) is 9.55 Å². The SMILES string of the molecule is CC1(Cn2c(CCl)nc3ccc(C#N)cc32)CCCC1. The molecule has 1 aromatic carbocycles. The zero-order valence-electron chi connectivity index (χ0n) is 11.7. The van der Waals surface area contributed by atoms with E-state index < -0.39 is 0 Å². The molecule has 1 aliphatic rings. The van der Waals surface area contributed by atoms with Crippen molar-refractivity contribution in [2.45, 2.75) is 45.0 Å². The number of aromatic nitrogens is 2. The maximum absolute atomic E-state index is 9.08. The van der Waals surface area contributed by atoms with E-state index in [2.05, 4.69) is 22.5 Å². The van der Waals surface area contributed by atoms with Crippen LogP contribution in [0.1, 0.15) is 44.0 Å². The van der Waals surface area contributed by atoms with Gasteiger partial charge >= 0.3 is 0 Å². The number of imidazole rings is 1. The van der Waals surface area contributed by atoms with Gasteiger partial charge in [-0.1, -0.05) is 19.8 Å². The third kappa shape index (κ3) is 2.29. The average Bonchev–Trinajstić information content (AvgIpc) is 3.03. The second kappa shape index (κ2) is 5.10. The molecule has 0 N–H and O–H groups in total. The fourth-order valence-electron chi connectivity index (χ4n) is 3.29. The number of nitriles is 1. The Morgan fingerprint density at radius 3 is 2.80 bits per heavy atom. The molecule has 0 aliphatic heterocycles. The molecule has 104 valence electrons. The highest BCUT2D eigenvalue weighted by Gasteiger charge is 2.30. The number of hydrogen-bond donors (Lipinski definition) is 0. The van der Waals surface area contributed by atoms with Crippen molar-refractivity contribution < 1.29 is 0 Å². The molecule has 20 heavy (non-hydrogen) atoms. The second-order valence-electron chi connectivity index (χ2n) is 6.08. The molecule has 3 nitrogen and oxygen atoms in total. The molecule has 1 saturated carbocycles. The normalized spacial score (nSPS) is 17.4. The first-order valence-corrected chi connectivity index (χ1v) is 7.64. The minimum Gasteiger partial charge on any atom is -0.326 e. The first-order valence-electron chi connectivity index (χ1n) is 7.10. The lowest BCUT2D eigenvalue weighted by atomic mass is 9.88. The molecule has 4 heteroatoms. The Kier molecular flexibility index (Phi) is 3.43. The fourth-order valence-corrected chi connectivity index (χ4v) is 3.49. The quantitative estimate of drug-likeness (QED) is 0.793. The second-order valence-corrected chi connectivity index (χ2v) is 6.35. The van der Waals surface area contributed by atoms with E-state index in [0.29, 0.717) is 16.9 Å². The molecule has 1 aliphatic carbocycles. The summed E-state index contributed by atoms with van der Waals surface area (Å²) >= 11 is 6.06. The van der Waals surface area contributed by atoms with Crippen molar-refractivity contribution in [1.29, 1.82) is 5.26 Å². The van der Waals surface area contributed by atoms with E-state index in [0.717, 1.165) is 23.4 Å². The molecular formula is C16H18ClN3. The Morgan fingerprint density at radius 1 is 1.40 bits per heavy atom. The van der Waals surface area contributed by atoms with E-state index in [1.165, 1.54) is 25.7 Å². The molecule has 0 radical (unpaired) electrons. The Bertz CT molecular complexity index is 675. The van der Waals surface area contributed by atoms with Gasteiger partial charge in [0.2, 0.25) is 0 Å². The maximum Gasteiger partial charge on any atom is 0.124 e. The summed E-state index contributed by atoms with van der Waals surface area (Å²) in [4.78, 5) is 4.60. The molecule has 0 unspecified atom stereocenters. The van der Waals surface area contributed by atoms with Crippen molar-refractivity contribution in [2.24, 2.45) is 5.41 Å². The molecule has 3 rings (SSSR count). The van der Waals surface area contributed by atoms with E-state index >= 15 is 0 Å². The third-order valence-corrected chi connectivity index (χ3v) is 4.67. The van der Waals surface area contributed by atoms with E-state index in [1.54, 1.807) is 0 Å². The molecule has 0 atom stereocenters. The number of alkyl halides is 1. The van der Waals surface area contributed by atoms with Gasteiger partial charge in [0.25, 0.3) is 0 Å². The van der Waals surface area contributed by atoms with Gasteiger partial charge in [0.05, 0.1) is 28.5 Å². The van der Waals surface area contributed by atoms with Crippen molar-refractivity contribution >= 4 is 22.6 Å². The first kappa shape index (κ1) is 13.5. The van der Waals surface area contributed by atoms with E-state index in [9.17, 15) is 0 Å². The van der Waals surface area contributed by atoms with E-state index in [1.807, 2.05) is 18.2 Å². The van der Waals surface area contributed by atoms with Crippen LogP contribution in [0.4, 0.5) is 0 Å². The molecule has 0 saturated heterocycles. The van der Waals surface area contributed by atoms with Gasteiger partial charge in [-0.05, 0) is 36.5 Å². The number of hydrogen-bond acceptors (Lipinski definition) is 2. The molecule has 1 aromatic heterocycles. The van der Waals surface area contributed by atoms with Crippen LogP contribution in [0.5, 0.6) is 0 Å². The molecule has 1 heterocycles. The lowest BCUT2D eigenvalue weighted by Crippen LogP contribution is -2.20. The van der Waals surface area contributed by atoms with Gasteiger partial charge in [0, 0.05) is 6.54 Å². The smallest absolute Gasteiger partial charge is 0.124 e. The van der Waals surface area contributed by atoms with Crippen molar-refractivity contribution in [1.82, 2.24) is 9.55 Å². The predicted octanol–water partition coefficient (Wildman–Crippen LogP) is 4.23. The summed E-state index contributed by atoms with van der Waals surface area (Å²) in [6.45, 7) is 3.29. The summed E-state index contributed by atoms with van der Waals surface area (Å²) in [6, 6.07) is 7.86. The van der Waals surface area contributed by atoms with Crippen LogP contribution in [0, 0.1) is 16.7 Å². The predicted molar refractivity (Wildman–Crippen MR) is 80.6 cm³/mol. The number of benzene rings is 1. The topological polar surface area (TPSA) is 41.6 Å². The summed E-state index contributed by atoms with van der Waals surface area (Å²) in [7, 11) is 0. The van der Waals surface area contributed by atoms with Crippen molar-refractivity contribution in [3.8, 4) is 6.07 Å². The summed E-state index contributed by atoms with van der Waals surface area (Å²) in [5, 5.41) is 9.08. The zero-order valence-corrected chi connectivity index (χ0v) is 12.5. The largest absolute Gasteiger partial charge is 0.326 e. The van der Waals surface area contributed by atoms with E-state index in [4.69, 9.17) is 16.9 Å². The van der Waals surface area contributed by atoms with Gasteiger partial charge in [-0.3, -0.25) is 0 Å². The maximum atomic E-state index is 9.08. The average molecular weight is 288 g/mol. The Hall–Kier alpha value is -1.53. The molecule has 0 spiro atoms. The van der Waals surface area contributed by atoms with E-state index in [-0.39, 0.29) is 0 Å². The fraction of sp³-hybridized carbons (Fsp3) is 0.500. The molecule has 1 fully saturated rings. The minimum absolute atomic E-state index is 0.330. The highest BCUT2D eigenvalue weighted by molar-refractivity contribution is 6.16. The standard InChI is InChI=1S/C16H18ClN3/c1-16(6-2-3-7-16)11-20-14-8-12(10-18)4-5-13(14)19-15(20)9-17/h4-5,8H,2-3,6-7,9,11H2,1H3. The summed E-state index contributed by atoms with van der Waals surface area (Å²) in [5.74, 6) is 1.32. The first-order chi connectivity index (χ1) is 9.65. The van der Waals surface area contributed by atoms with Crippen LogP contribution in [0.2, 0.25) is 0 Å².